The van der Waals surface area contributed by atoms with Crippen LogP contribution in [0.25, 0.3) is 0 Å². The molecule has 4 aromatic carbocycles. The minimum Gasteiger partial charge on any atom is -0.497 e. The molecule has 8 heteroatoms. The summed E-state index contributed by atoms with van der Waals surface area (Å²) in [6.45, 7) is 0.718. The number of fused-ring (bicyclic) bond motifs is 5. The zero-order chi connectivity index (χ0) is 26.6. The number of methoxy groups -OCH3 is 1. The first-order valence-electron chi connectivity index (χ1n) is 12.6. The predicted molar refractivity (Wildman–Crippen MR) is 144 cm³/mol. The van der Waals surface area contributed by atoms with Crippen LogP contribution in [-0.4, -0.2) is 32.3 Å². The van der Waals surface area contributed by atoms with E-state index in [0.29, 0.717) is 35.0 Å². The van der Waals surface area contributed by atoms with Gasteiger partial charge in [0.15, 0.2) is 11.5 Å². The van der Waals surface area contributed by atoms with Crippen LogP contribution in [0.1, 0.15) is 27.0 Å². The summed E-state index contributed by atoms with van der Waals surface area (Å²) in [6.07, 6.45) is 0. The molecule has 0 radical (unpaired) electrons. The van der Waals surface area contributed by atoms with Gasteiger partial charge < -0.3 is 29.2 Å². The minimum absolute atomic E-state index is 0.0531. The van der Waals surface area contributed by atoms with Gasteiger partial charge in [0, 0.05) is 28.6 Å². The van der Waals surface area contributed by atoms with Crippen LogP contribution >= 0.6 is 0 Å². The smallest absolute Gasteiger partial charge is 0.255 e. The zero-order valence-electron chi connectivity index (χ0n) is 21.1. The number of nitrogens with one attached hydrogen (secondary N) is 1. The first kappa shape index (κ1) is 23.2. The zero-order valence-corrected chi connectivity index (χ0v) is 21.1. The molecule has 2 amide bonds. The normalized spacial score (nSPS) is 18.1. The summed E-state index contributed by atoms with van der Waals surface area (Å²) in [7, 11) is 1.60. The second-order valence-electron chi connectivity index (χ2n) is 9.68. The molecule has 0 saturated heterocycles. The Balaban J connectivity index is 1.15. The highest BCUT2D eigenvalue weighted by Crippen LogP contribution is 2.55. The van der Waals surface area contributed by atoms with Crippen LogP contribution in [-0.2, 0) is 16.8 Å². The van der Waals surface area contributed by atoms with Gasteiger partial charge in [-0.25, -0.2) is 0 Å². The van der Waals surface area contributed by atoms with Gasteiger partial charge >= 0.3 is 0 Å². The van der Waals surface area contributed by atoms with Gasteiger partial charge in [0.2, 0.25) is 12.7 Å². The molecule has 1 N–H and O–H groups in total. The second kappa shape index (κ2) is 8.80. The molecule has 0 aromatic heterocycles. The van der Waals surface area contributed by atoms with E-state index in [4.69, 9.17) is 18.9 Å². The summed E-state index contributed by atoms with van der Waals surface area (Å²) in [4.78, 5) is 28.7. The molecule has 39 heavy (non-hydrogen) atoms. The highest BCUT2D eigenvalue weighted by molar-refractivity contribution is 6.11. The Morgan fingerprint density at radius 1 is 0.897 bits per heavy atom. The van der Waals surface area contributed by atoms with Gasteiger partial charge in [-0.15, -0.1) is 0 Å². The van der Waals surface area contributed by atoms with Crippen molar-refractivity contribution in [3.05, 3.63) is 107 Å². The number of rotatable bonds is 5. The Bertz CT molecular complexity index is 1620. The molecular formula is C31H24N2O6. The summed E-state index contributed by atoms with van der Waals surface area (Å²) in [6, 6.07) is 26.0. The van der Waals surface area contributed by atoms with E-state index in [1.54, 1.807) is 54.5 Å². The van der Waals surface area contributed by atoms with E-state index in [1.807, 2.05) is 42.5 Å². The van der Waals surface area contributed by atoms with Crippen molar-refractivity contribution >= 4 is 23.2 Å². The highest BCUT2D eigenvalue weighted by atomic mass is 16.7. The van der Waals surface area contributed by atoms with Gasteiger partial charge in [0.25, 0.3) is 5.91 Å². The van der Waals surface area contributed by atoms with E-state index < -0.39 is 5.41 Å². The Morgan fingerprint density at radius 3 is 2.41 bits per heavy atom. The van der Waals surface area contributed by atoms with Crippen LogP contribution in [0.4, 0.5) is 11.4 Å². The highest BCUT2D eigenvalue weighted by Gasteiger charge is 2.57. The molecular weight excluding hydrogens is 496 g/mol. The molecule has 3 aliphatic rings. The summed E-state index contributed by atoms with van der Waals surface area (Å²) in [5.74, 6) is 2.32. The van der Waals surface area contributed by atoms with E-state index in [0.717, 1.165) is 28.1 Å². The van der Waals surface area contributed by atoms with E-state index in [-0.39, 0.29) is 25.2 Å². The van der Waals surface area contributed by atoms with Gasteiger partial charge in [-0.3, -0.25) is 9.59 Å². The fourth-order valence-electron chi connectivity index (χ4n) is 5.54. The number of amides is 2. The number of para-hydroxylation sites is 1. The van der Waals surface area contributed by atoms with Crippen molar-refractivity contribution in [1.82, 2.24) is 0 Å². The minimum atomic E-state index is -0.953. The molecule has 0 bridgehead atoms. The second-order valence-corrected chi connectivity index (χ2v) is 9.68. The average Bonchev–Trinajstić information content (AvgIpc) is 3.65. The molecule has 1 spiro atoms. The monoisotopic (exact) mass is 520 g/mol. The lowest BCUT2D eigenvalue weighted by Crippen LogP contribution is -2.42. The maximum absolute atomic E-state index is 14.2. The SMILES string of the molecule is COc1ccc(NC(=O)c2ccc(CN3C(=O)C4(COc5cc6c(cc54)OCO6)c4ccccc43)cc2)cc1. The first-order valence-corrected chi connectivity index (χ1v) is 12.6. The van der Waals surface area contributed by atoms with Gasteiger partial charge in [-0.1, -0.05) is 30.3 Å². The van der Waals surface area contributed by atoms with E-state index in [9.17, 15) is 9.59 Å². The molecule has 0 saturated carbocycles. The summed E-state index contributed by atoms with van der Waals surface area (Å²) in [5.41, 5.74) is 3.69. The maximum Gasteiger partial charge on any atom is 0.255 e. The van der Waals surface area contributed by atoms with Gasteiger partial charge in [-0.05, 0) is 59.7 Å². The average molecular weight is 521 g/mol. The third-order valence-electron chi connectivity index (χ3n) is 7.55. The number of carbonyl (C=O) groups excluding carboxylic acids is 2. The number of benzene rings is 4. The van der Waals surface area contributed by atoms with Crippen LogP contribution < -0.4 is 29.2 Å². The van der Waals surface area contributed by atoms with Crippen molar-refractivity contribution in [3.8, 4) is 23.0 Å². The maximum atomic E-state index is 14.2. The number of anilines is 2. The number of hydrogen-bond donors (Lipinski definition) is 1. The summed E-state index contributed by atoms with van der Waals surface area (Å²) < 4.78 is 22.3. The van der Waals surface area contributed by atoms with E-state index in [1.165, 1.54) is 0 Å². The standard InChI is InChI=1S/C31H24N2O6/c1-36-22-12-10-21(11-13-22)32-29(34)20-8-6-19(7-9-20)16-33-25-5-3-2-4-23(25)31(30(33)35)17-37-26-15-28-27(14-24(26)31)38-18-39-28/h2-15H,16-18H2,1H3,(H,32,34). The Hall–Kier alpha value is -4.98. The molecule has 3 heterocycles. The summed E-state index contributed by atoms with van der Waals surface area (Å²) >= 11 is 0. The van der Waals surface area contributed by atoms with E-state index in [2.05, 4.69) is 5.32 Å². The van der Waals surface area contributed by atoms with Crippen LogP contribution in [0.2, 0.25) is 0 Å². The molecule has 3 aliphatic heterocycles. The lowest BCUT2D eigenvalue weighted by molar-refractivity contribution is -0.122. The quantitative estimate of drug-likeness (QED) is 0.403. The number of carbonyl (C=O) groups is 2. The van der Waals surface area contributed by atoms with Gasteiger partial charge in [-0.2, -0.15) is 0 Å². The van der Waals surface area contributed by atoms with Crippen LogP contribution in [0.15, 0.2) is 84.9 Å². The Labute approximate surface area is 224 Å². The van der Waals surface area contributed by atoms with Crippen LogP contribution in [0.5, 0.6) is 23.0 Å². The molecule has 1 unspecified atom stereocenters. The van der Waals surface area contributed by atoms with Crippen LogP contribution in [0, 0.1) is 0 Å². The van der Waals surface area contributed by atoms with Gasteiger partial charge in [0.1, 0.15) is 23.5 Å². The molecule has 1 atom stereocenters. The lowest BCUT2D eigenvalue weighted by atomic mass is 9.77. The topological polar surface area (TPSA) is 86.3 Å². The molecule has 4 aromatic rings. The van der Waals surface area contributed by atoms with Crippen molar-refractivity contribution in [2.24, 2.45) is 0 Å². The largest absolute Gasteiger partial charge is 0.497 e. The van der Waals surface area contributed by atoms with Crippen molar-refractivity contribution < 1.29 is 28.5 Å². The number of nitrogens with zero attached hydrogens (tertiary/aromatic N) is 1. The molecule has 0 fully saturated rings. The molecule has 0 aliphatic carbocycles. The third-order valence-corrected chi connectivity index (χ3v) is 7.55. The molecule has 8 nitrogen and oxygen atoms in total. The van der Waals surface area contributed by atoms with Gasteiger partial charge in [0.05, 0.1) is 13.7 Å². The van der Waals surface area contributed by atoms with Crippen molar-refractivity contribution in [2.75, 3.05) is 30.7 Å². The first-order chi connectivity index (χ1) is 19.1. The third kappa shape index (κ3) is 3.59. The lowest BCUT2D eigenvalue weighted by Gasteiger charge is -2.23. The fraction of sp³-hybridized carbons (Fsp3) is 0.161. The molecule has 7 rings (SSSR count). The predicted octanol–water partition coefficient (Wildman–Crippen LogP) is 4.90. The van der Waals surface area contributed by atoms with Crippen molar-refractivity contribution in [3.63, 3.8) is 0 Å². The molecule has 194 valence electrons. The number of ether oxygens (including phenoxy) is 4. The van der Waals surface area contributed by atoms with E-state index >= 15 is 0 Å². The fourth-order valence-corrected chi connectivity index (χ4v) is 5.54. The van der Waals surface area contributed by atoms with Crippen molar-refractivity contribution in [2.45, 2.75) is 12.0 Å². The Morgan fingerprint density at radius 2 is 1.64 bits per heavy atom. The number of hydrogen-bond acceptors (Lipinski definition) is 6. The Kier molecular flexibility index (Phi) is 5.23. The summed E-state index contributed by atoms with van der Waals surface area (Å²) in [5, 5.41) is 2.89. The van der Waals surface area contributed by atoms with Crippen molar-refractivity contribution in [1.29, 1.82) is 0 Å². The van der Waals surface area contributed by atoms with Crippen LogP contribution in [0.3, 0.4) is 0 Å².